The van der Waals surface area contributed by atoms with Crippen molar-refractivity contribution < 1.29 is 0 Å². The summed E-state index contributed by atoms with van der Waals surface area (Å²) in [4.78, 5) is 10.8. The topological polar surface area (TPSA) is 36.9 Å². The number of fused-ring (bicyclic) bond motifs is 2. The zero-order valence-electron chi connectivity index (χ0n) is 17.1. The largest absolute Gasteiger partial charge is 0.349 e. The molecule has 152 valence electrons. The number of aromatic nitrogens is 3. The second-order valence-electron chi connectivity index (χ2n) is 8.88. The van der Waals surface area contributed by atoms with Gasteiger partial charge in [-0.15, -0.1) is 0 Å². The molecule has 3 heterocycles. The number of halogens is 1. The molecule has 4 aromatic rings. The number of benzene rings is 2. The third-order valence-corrected chi connectivity index (χ3v) is 7.76. The van der Waals surface area contributed by atoms with Crippen LogP contribution < -0.4 is 0 Å². The van der Waals surface area contributed by atoms with Gasteiger partial charge in [-0.1, -0.05) is 42.5 Å². The fraction of sp³-hybridized carbons (Fsp3) is 0.320. The van der Waals surface area contributed by atoms with E-state index in [1.807, 2.05) is 6.20 Å². The minimum atomic E-state index is 0.572. The Morgan fingerprint density at radius 2 is 2.00 bits per heavy atom. The van der Waals surface area contributed by atoms with E-state index in [2.05, 4.69) is 97.1 Å². The third-order valence-electron chi connectivity index (χ3n) is 7.09. The molecule has 1 aliphatic heterocycles. The number of H-pyrrole nitrogens is 1. The molecule has 3 atom stereocenters. The maximum Gasteiger partial charge on any atom is 0.139 e. The average Bonchev–Trinajstić information content (AvgIpc) is 3.35. The van der Waals surface area contributed by atoms with Crippen LogP contribution in [0.1, 0.15) is 23.5 Å². The fourth-order valence-corrected chi connectivity index (χ4v) is 6.39. The molecule has 6 rings (SSSR count). The molecule has 2 aromatic carbocycles. The van der Waals surface area contributed by atoms with Gasteiger partial charge < -0.3 is 14.5 Å². The van der Waals surface area contributed by atoms with E-state index in [1.165, 1.54) is 34.0 Å². The highest BCUT2D eigenvalue weighted by Gasteiger charge is 2.40. The highest BCUT2D eigenvalue weighted by atomic mass is 79.9. The van der Waals surface area contributed by atoms with Crippen molar-refractivity contribution in [2.75, 3.05) is 13.6 Å². The number of likely N-dealkylation sites (N-methyl/N-ethyl adjacent to an activating group) is 1. The van der Waals surface area contributed by atoms with E-state index in [-0.39, 0.29) is 0 Å². The SMILES string of the molecule is CN1CC(Cn2ccnc2-c2ccccc2)C[C@@H]2c3cccc4[nH]c(Br)c(c34)C[C@H]21. The summed E-state index contributed by atoms with van der Waals surface area (Å²) in [6, 6.07) is 17.9. The van der Waals surface area contributed by atoms with Crippen molar-refractivity contribution in [1.82, 2.24) is 19.4 Å². The summed E-state index contributed by atoms with van der Waals surface area (Å²) in [6.45, 7) is 2.14. The van der Waals surface area contributed by atoms with Gasteiger partial charge in [0.1, 0.15) is 5.82 Å². The Bertz CT molecular complexity index is 1210. The zero-order valence-corrected chi connectivity index (χ0v) is 18.6. The molecule has 30 heavy (non-hydrogen) atoms. The van der Waals surface area contributed by atoms with Crippen LogP contribution in [-0.4, -0.2) is 39.1 Å². The van der Waals surface area contributed by atoms with Crippen molar-refractivity contribution in [3.05, 3.63) is 76.7 Å². The number of rotatable bonds is 3. The monoisotopic (exact) mass is 460 g/mol. The van der Waals surface area contributed by atoms with Crippen molar-refractivity contribution in [3.8, 4) is 11.4 Å². The summed E-state index contributed by atoms with van der Waals surface area (Å²) >= 11 is 3.77. The van der Waals surface area contributed by atoms with Gasteiger partial charge in [0, 0.05) is 53.9 Å². The van der Waals surface area contributed by atoms with Gasteiger partial charge in [0.25, 0.3) is 0 Å². The van der Waals surface area contributed by atoms with Gasteiger partial charge in [0.2, 0.25) is 0 Å². The van der Waals surface area contributed by atoms with E-state index in [4.69, 9.17) is 0 Å². The van der Waals surface area contributed by atoms with Crippen molar-refractivity contribution >= 4 is 26.8 Å². The molecule has 1 fully saturated rings. The Hall–Kier alpha value is -2.37. The minimum Gasteiger partial charge on any atom is -0.349 e. The molecule has 0 spiro atoms. The van der Waals surface area contributed by atoms with Gasteiger partial charge in [-0.05, 0) is 58.9 Å². The Labute approximate surface area is 185 Å². The number of aromatic amines is 1. The number of nitrogens with zero attached hydrogens (tertiary/aromatic N) is 3. The van der Waals surface area contributed by atoms with E-state index in [1.54, 1.807) is 0 Å². The normalized spacial score (nSPS) is 23.6. The first-order valence-corrected chi connectivity index (χ1v) is 11.5. The Kier molecular flexibility index (Phi) is 4.36. The third kappa shape index (κ3) is 2.87. The van der Waals surface area contributed by atoms with Gasteiger partial charge in [-0.3, -0.25) is 0 Å². The molecule has 1 N–H and O–H groups in total. The lowest BCUT2D eigenvalue weighted by molar-refractivity contribution is 0.104. The van der Waals surface area contributed by atoms with Crippen molar-refractivity contribution in [2.45, 2.75) is 31.3 Å². The van der Waals surface area contributed by atoms with E-state index in [9.17, 15) is 0 Å². The number of likely N-dealkylation sites (tertiary alicyclic amines) is 1. The smallest absolute Gasteiger partial charge is 0.139 e. The van der Waals surface area contributed by atoms with E-state index in [0.717, 1.165) is 29.9 Å². The lowest BCUT2D eigenvalue weighted by Gasteiger charge is -2.45. The van der Waals surface area contributed by atoms with Crippen molar-refractivity contribution in [1.29, 1.82) is 0 Å². The predicted molar refractivity (Wildman–Crippen MR) is 125 cm³/mol. The summed E-state index contributed by atoms with van der Waals surface area (Å²) < 4.78 is 3.50. The molecule has 0 saturated carbocycles. The first-order valence-electron chi connectivity index (χ1n) is 10.7. The summed E-state index contributed by atoms with van der Waals surface area (Å²) in [6.07, 6.45) is 6.41. The number of piperidine rings is 1. The average molecular weight is 461 g/mol. The molecule has 2 aliphatic rings. The number of nitrogens with one attached hydrogen (secondary N) is 1. The fourth-order valence-electron chi connectivity index (χ4n) is 5.81. The maximum absolute atomic E-state index is 4.66. The molecule has 1 saturated heterocycles. The molecule has 4 nitrogen and oxygen atoms in total. The summed E-state index contributed by atoms with van der Waals surface area (Å²) in [5.74, 6) is 2.26. The summed E-state index contributed by atoms with van der Waals surface area (Å²) in [7, 11) is 2.31. The lowest BCUT2D eigenvalue weighted by Crippen LogP contribution is -2.48. The maximum atomic E-state index is 4.66. The van der Waals surface area contributed by atoms with Crippen LogP contribution in [0.4, 0.5) is 0 Å². The van der Waals surface area contributed by atoms with Crippen LogP contribution in [0.2, 0.25) is 0 Å². The number of hydrogen-bond donors (Lipinski definition) is 1. The minimum absolute atomic E-state index is 0.572. The molecule has 0 radical (unpaired) electrons. The predicted octanol–water partition coefficient (Wildman–Crippen LogP) is 5.45. The Morgan fingerprint density at radius 1 is 1.13 bits per heavy atom. The van der Waals surface area contributed by atoms with Gasteiger partial charge in [-0.25, -0.2) is 4.98 Å². The van der Waals surface area contributed by atoms with Crippen LogP contribution in [0.25, 0.3) is 22.3 Å². The second kappa shape index (κ2) is 7.10. The molecular weight excluding hydrogens is 436 g/mol. The van der Waals surface area contributed by atoms with Gasteiger partial charge in [0.15, 0.2) is 0 Å². The molecule has 0 bridgehead atoms. The van der Waals surface area contributed by atoms with E-state index >= 15 is 0 Å². The number of imidazole rings is 1. The van der Waals surface area contributed by atoms with Crippen LogP contribution in [0.5, 0.6) is 0 Å². The molecule has 5 heteroatoms. The zero-order chi connectivity index (χ0) is 20.2. The molecular formula is C25H25BrN4. The highest BCUT2D eigenvalue weighted by molar-refractivity contribution is 9.10. The van der Waals surface area contributed by atoms with Crippen LogP contribution in [0, 0.1) is 5.92 Å². The Balaban J connectivity index is 1.33. The van der Waals surface area contributed by atoms with Crippen LogP contribution >= 0.6 is 15.9 Å². The highest BCUT2D eigenvalue weighted by Crippen LogP contribution is 2.46. The van der Waals surface area contributed by atoms with E-state index in [0.29, 0.717) is 17.9 Å². The van der Waals surface area contributed by atoms with Crippen molar-refractivity contribution in [3.63, 3.8) is 0 Å². The first kappa shape index (κ1) is 18.4. The second-order valence-corrected chi connectivity index (χ2v) is 9.67. The number of hydrogen-bond acceptors (Lipinski definition) is 2. The van der Waals surface area contributed by atoms with Gasteiger partial charge in [0.05, 0.1) is 4.60 Å². The van der Waals surface area contributed by atoms with Gasteiger partial charge >= 0.3 is 0 Å². The summed E-state index contributed by atoms with van der Waals surface area (Å²) in [5.41, 5.74) is 5.42. The molecule has 0 amide bonds. The Morgan fingerprint density at radius 3 is 2.87 bits per heavy atom. The quantitative estimate of drug-likeness (QED) is 0.440. The first-order chi connectivity index (χ1) is 14.7. The summed E-state index contributed by atoms with van der Waals surface area (Å²) in [5, 5.41) is 1.45. The molecule has 1 aliphatic carbocycles. The van der Waals surface area contributed by atoms with Crippen LogP contribution in [-0.2, 0) is 13.0 Å². The van der Waals surface area contributed by atoms with E-state index < -0.39 is 0 Å². The van der Waals surface area contributed by atoms with Crippen LogP contribution in [0.3, 0.4) is 0 Å². The molecule has 2 aromatic heterocycles. The molecule has 1 unspecified atom stereocenters. The van der Waals surface area contributed by atoms with Crippen molar-refractivity contribution in [2.24, 2.45) is 5.92 Å². The standard InChI is InChI=1S/C25H25BrN4/c1-29-14-16(15-30-11-10-27-25(30)17-6-3-2-4-7-17)12-19-18-8-5-9-21-23(18)20(13-22(19)29)24(26)28-21/h2-11,16,19,22,28H,12-15H2,1H3/t16?,19-,22-/m1/s1. The van der Waals surface area contributed by atoms with Crippen LogP contribution in [0.15, 0.2) is 65.5 Å². The van der Waals surface area contributed by atoms with Gasteiger partial charge in [-0.2, -0.15) is 0 Å². The lowest BCUT2D eigenvalue weighted by atomic mass is 9.72.